The summed E-state index contributed by atoms with van der Waals surface area (Å²) in [5, 5.41) is 0. The van der Waals surface area contributed by atoms with E-state index in [2.05, 4.69) is 84.3 Å². The second-order valence-corrected chi connectivity index (χ2v) is 9.24. The maximum atomic E-state index is 2.63. The van der Waals surface area contributed by atoms with Crippen LogP contribution in [0.15, 0.2) is 48.8 Å². The van der Waals surface area contributed by atoms with Crippen molar-refractivity contribution in [1.29, 1.82) is 0 Å². The van der Waals surface area contributed by atoms with E-state index in [0.29, 0.717) is 0 Å². The van der Waals surface area contributed by atoms with E-state index in [1.807, 2.05) is 7.05 Å². The Morgan fingerprint density at radius 1 is 0.594 bits per heavy atom. The lowest BCUT2D eigenvalue weighted by atomic mass is 10.1. The lowest BCUT2D eigenvalue weighted by Gasteiger charge is -2.25. The highest BCUT2D eigenvalue weighted by Crippen LogP contribution is 2.19. The highest BCUT2D eigenvalue weighted by Gasteiger charge is 2.06. The number of aryl methyl sites for hydroxylation is 1. The Labute approximate surface area is 198 Å². The van der Waals surface area contributed by atoms with Gasteiger partial charge in [-0.3, -0.25) is 0 Å². The summed E-state index contributed by atoms with van der Waals surface area (Å²) in [6.07, 6.45) is 24.9. The first-order valence-electron chi connectivity index (χ1n) is 13.2. The molecule has 0 aliphatic rings. The lowest BCUT2D eigenvalue weighted by Crippen LogP contribution is -2.25. The molecule has 0 N–H and O–H groups in total. The average Bonchev–Trinajstić information content (AvgIpc) is 2.82. The Balaban J connectivity index is 1.89. The fourth-order valence-corrected chi connectivity index (χ4v) is 4.15. The van der Waals surface area contributed by atoms with Gasteiger partial charge in [0.05, 0.1) is 0 Å². The number of nitrogens with zero attached hydrogens (tertiary/aromatic N) is 2. The minimum Gasteiger partial charge on any atom is -0.372 e. The number of pyridine rings is 1. The molecule has 0 saturated carbocycles. The van der Waals surface area contributed by atoms with E-state index in [1.165, 1.54) is 107 Å². The second-order valence-electron chi connectivity index (χ2n) is 9.24. The third kappa shape index (κ3) is 11.0. The molecule has 2 nitrogen and oxygen atoms in total. The smallest absolute Gasteiger partial charge is 0.169 e. The van der Waals surface area contributed by atoms with Gasteiger partial charge in [0.15, 0.2) is 12.4 Å². The molecule has 32 heavy (non-hydrogen) atoms. The van der Waals surface area contributed by atoms with Gasteiger partial charge in [0.2, 0.25) is 0 Å². The van der Waals surface area contributed by atoms with Crippen LogP contribution in [0.5, 0.6) is 0 Å². The summed E-state index contributed by atoms with van der Waals surface area (Å²) in [6.45, 7) is 6.97. The molecule has 0 unspecified atom stereocenters. The van der Waals surface area contributed by atoms with Crippen molar-refractivity contribution in [3.63, 3.8) is 0 Å². The number of unbranched alkanes of at least 4 members (excludes halogenated alkanes) is 10. The molecule has 2 rings (SSSR count). The average molecular weight is 436 g/mol. The zero-order chi connectivity index (χ0) is 22.9. The summed E-state index contributed by atoms with van der Waals surface area (Å²) >= 11 is 0. The van der Waals surface area contributed by atoms with Gasteiger partial charge in [0.25, 0.3) is 0 Å². The van der Waals surface area contributed by atoms with Gasteiger partial charge in [0.1, 0.15) is 7.05 Å². The van der Waals surface area contributed by atoms with Crippen molar-refractivity contribution < 1.29 is 4.57 Å². The summed E-state index contributed by atoms with van der Waals surface area (Å²) in [5.74, 6) is 0. The number of hydrogen-bond donors (Lipinski definition) is 0. The van der Waals surface area contributed by atoms with Crippen LogP contribution in [0.4, 0.5) is 5.69 Å². The summed E-state index contributed by atoms with van der Waals surface area (Å²) in [7, 11) is 2.05. The fraction of sp³-hybridized carbons (Fsp3) is 0.567. The van der Waals surface area contributed by atoms with Crippen molar-refractivity contribution in [3.05, 3.63) is 59.9 Å². The molecule has 2 aromatic rings. The first kappa shape index (κ1) is 26.2. The summed E-state index contributed by atoms with van der Waals surface area (Å²) in [5.41, 5.74) is 3.89. The topological polar surface area (TPSA) is 7.12 Å². The van der Waals surface area contributed by atoms with Crippen LogP contribution >= 0.6 is 0 Å². The quantitative estimate of drug-likeness (QED) is 0.179. The Hall–Kier alpha value is -2.09. The van der Waals surface area contributed by atoms with E-state index in [4.69, 9.17) is 0 Å². The number of rotatable bonds is 17. The van der Waals surface area contributed by atoms with Crippen molar-refractivity contribution in [2.45, 2.75) is 90.9 Å². The van der Waals surface area contributed by atoms with E-state index in [1.54, 1.807) is 0 Å². The van der Waals surface area contributed by atoms with Gasteiger partial charge < -0.3 is 4.90 Å². The largest absolute Gasteiger partial charge is 0.372 e. The predicted molar refractivity (Wildman–Crippen MR) is 142 cm³/mol. The summed E-state index contributed by atoms with van der Waals surface area (Å²) < 4.78 is 2.06. The molecule has 0 bridgehead atoms. The van der Waals surface area contributed by atoms with Crippen molar-refractivity contribution in [3.8, 4) is 0 Å². The minimum atomic E-state index is 1.19. The van der Waals surface area contributed by atoms with E-state index in [-0.39, 0.29) is 0 Å². The lowest BCUT2D eigenvalue weighted by molar-refractivity contribution is -0.671. The third-order valence-electron chi connectivity index (χ3n) is 6.29. The van der Waals surface area contributed by atoms with Crippen LogP contribution in [0.25, 0.3) is 12.2 Å². The summed E-state index contributed by atoms with van der Waals surface area (Å²) in [4.78, 5) is 2.63. The molecule has 2 heteroatoms. The number of benzene rings is 1. The molecule has 0 spiro atoms. The fourth-order valence-electron chi connectivity index (χ4n) is 4.15. The van der Waals surface area contributed by atoms with Gasteiger partial charge in [-0.1, -0.05) is 102 Å². The van der Waals surface area contributed by atoms with Crippen LogP contribution in [0.3, 0.4) is 0 Å². The first-order chi connectivity index (χ1) is 15.7. The molecular weight excluding hydrogens is 388 g/mol. The van der Waals surface area contributed by atoms with Crippen LogP contribution in [0.2, 0.25) is 0 Å². The minimum absolute atomic E-state index is 1.19. The molecule has 0 fully saturated rings. The number of aromatic nitrogens is 1. The van der Waals surface area contributed by atoms with Crippen molar-refractivity contribution in [2.24, 2.45) is 7.05 Å². The molecule has 1 heterocycles. The highest BCUT2D eigenvalue weighted by molar-refractivity contribution is 5.70. The Morgan fingerprint density at radius 2 is 1.03 bits per heavy atom. The van der Waals surface area contributed by atoms with E-state index >= 15 is 0 Å². The van der Waals surface area contributed by atoms with E-state index in [0.717, 1.165) is 0 Å². The molecule has 1 aromatic carbocycles. The van der Waals surface area contributed by atoms with Gasteiger partial charge in [-0.05, 0) is 36.1 Å². The van der Waals surface area contributed by atoms with Crippen molar-refractivity contribution in [2.75, 3.05) is 18.0 Å². The Morgan fingerprint density at radius 3 is 1.53 bits per heavy atom. The van der Waals surface area contributed by atoms with Gasteiger partial charge in [-0.15, -0.1) is 0 Å². The molecule has 0 atom stereocenters. The first-order valence-corrected chi connectivity index (χ1v) is 13.2. The monoisotopic (exact) mass is 435 g/mol. The zero-order valence-electron chi connectivity index (χ0n) is 21.1. The van der Waals surface area contributed by atoms with Gasteiger partial charge >= 0.3 is 0 Å². The van der Waals surface area contributed by atoms with Crippen molar-refractivity contribution >= 4 is 17.8 Å². The van der Waals surface area contributed by atoms with E-state index < -0.39 is 0 Å². The maximum absolute atomic E-state index is 2.63. The SMILES string of the molecule is CCCCCCCCN(CCCCCCCC)c1ccc(C=Cc2cc[n+](C)cc2)cc1. The third-order valence-corrected chi connectivity index (χ3v) is 6.29. The molecule has 0 saturated heterocycles. The molecular formula is C30H47N2+. The Bertz CT molecular complexity index is 714. The second kappa shape index (κ2) is 16.5. The maximum Gasteiger partial charge on any atom is 0.169 e. The summed E-state index contributed by atoms with van der Waals surface area (Å²) in [6, 6.07) is 13.5. The molecule has 176 valence electrons. The molecule has 1 aromatic heterocycles. The Kier molecular flexibility index (Phi) is 13.5. The van der Waals surface area contributed by atoms with Gasteiger partial charge in [-0.2, -0.15) is 0 Å². The van der Waals surface area contributed by atoms with Crippen LogP contribution in [-0.2, 0) is 7.05 Å². The molecule has 0 aliphatic carbocycles. The van der Waals surface area contributed by atoms with Gasteiger partial charge in [0, 0.05) is 30.9 Å². The number of anilines is 1. The zero-order valence-corrected chi connectivity index (χ0v) is 21.1. The molecule has 0 aliphatic heterocycles. The standard InChI is InChI=1S/C30H47N2/c1-4-6-8-10-12-14-24-32(25-15-13-11-9-7-5-2)30-20-18-28(19-21-30)16-17-29-22-26-31(3)27-23-29/h16-23,26-27H,4-15,24-25H2,1-3H3/q+1. The number of hydrogen-bond acceptors (Lipinski definition) is 1. The predicted octanol–water partition coefficient (Wildman–Crippen LogP) is 8.21. The van der Waals surface area contributed by atoms with Crippen molar-refractivity contribution in [1.82, 2.24) is 0 Å². The van der Waals surface area contributed by atoms with Gasteiger partial charge in [-0.25, -0.2) is 4.57 Å². The molecule has 0 amide bonds. The normalized spacial score (nSPS) is 11.3. The van der Waals surface area contributed by atoms with Crippen LogP contribution < -0.4 is 9.47 Å². The van der Waals surface area contributed by atoms with Crippen LogP contribution in [0.1, 0.15) is 102 Å². The van der Waals surface area contributed by atoms with Crippen LogP contribution in [0, 0.1) is 0 Å². The van der Waals surface area contributed by atoms with Crippen LogP contribution in [-0.4, -0.2) is 13.1 Å². The van der Waals surface area contributed by atoms with E-state index in [9.17, 15) is 0 Å². The molecule has 0 radical (unpaired) electrons. The highest BCUT2D eigenvalue weighted by atomic mass is 15.1.